The van der Waals surface area contributed by atoms with Crippen LogP contribution in [-0.4, -0.2) is 12.1 Å². The molecule has 0 unspecified atom stereocenters. The third kappa shape index (κ3) is 14.6. The molecule has 2 N–H and O–H groups in total. The van der Waals surface area contributed by atoms with E-state index in [1.165, 1.54) is 31.8 Å². The first-order valence-electron chi connectivity index (χ1n) is 18.3. The van der Waals surface area contributed by atoms with E-state index in [1.807, 2.05) is 30.3 Å². The summed E-state index contributed by atoms with van der Waals surface area (Å²) < 4.78 is 6.00. The van der Waals surface area contributed by atoms with E-state index < -0.39 is 15.8 Å². The van der Waals surface area contributed by atoms with E-state index in [4.69, 9.17) is 29.5 Å². The second-order valence-electron chi connectivity index (χ2n) is 12.3. The number of rotatable bonds is 7. The van der Waals surface area contributed by atoms with Crippen LogP contribution in [0.3, 0.4) is 0 Å². The van der Waals surface area contributed by atoms with Gasteiger partial charge in [0.15, 0.2) is 11.4 Å². The van der Waals surface area contributed by atoms with E-state index in [2.05, 4.69) is 215 Å². The van der Waals surface area contributed by atoms with Gasteiger partial charge in [0.1, 0.15) is 5.82 Å². The van der Waals surface area contributed by atoms with Gasteiger partial charge in [-0.2, -0.15) is 0 Å². The molecule has 1 heterocycles. The summed E-state index contributed by atoms with van der Waals surface area (Å²) in [5.41, 5.74) is 7.13. The first kappa shape index (κ1) is 45.5. The van der Waals surface area contributed by atoms with Gasteiger partial charge < -0.3 is 10.5 Å². The Morgan fingerprint density at radius 3 is 1.03 bits per heavy atom. The summed E-state index contributed by atoms with van der Waals surface area (Å²) in [5.74, 6) is 6.98. The van der Waals surface area contributed by atoms with Crippen LogP contribution in [-0.2, 0) is 15.9 Å². The second kappa shape index (κ2) is 25.8. The fourth-order valence-electron chi connectivity index (χ4n) is 5.81. The van der Waals surface area contributed by atoms with Gasteiger partial charge >= 0.3 is 35.0 Å². The number of methoxy groups -OCH3 is 1. The van der Waals surface area contributed by atoms with Crippen molar-refractivity contribution < 1.29 is 20.7 Å². The van der Waals surface area contributed by atoms with Gasteiger partial charge in [-0.1, -0.05) is 206 Å². The van der Waals surface area contributed by atoms with Gasteiger partial charge in [-0.25, -0.2) is 4.98 Å². The molecule has 0 saturated heterocycles. The van der Waals surface area contributed by atoms with Gasteiger partial charge in [-0.15, -0.1) is 0 Å². The van der Waals surface area contributed by atoms with E-state index in [1.54, 1.807) is 13.2 Å². The number of aromatic nitrogens is 1. The molecule has 3 nitrogen and oxygen atoms in total. The zero-order valence-corrected chi connectivity index (χ0v) is 38.5. The Kier molecular flexibility index (Phi) is 19.9. The molecule has 0 radical (unpaired) electrons. The number of nitrogens with two attached hydrogens (primary N) is 1. The van der Waals surface area contributed by atoms with Crippen LogP contribution in [0, 0.1) is 11.8 Å². The number of nitrogens with zero attached hydrogens (tertiary/aromatic N) is 1. The van der Waals surface area contributed by atoms with Crippen LogP contribution >= 0.6 is 50.8 Å². The van der Waals surface area contributed by atoms with E-state index in [0.717, 1.165) is 10.0 Å². The summed E-state index contributed by atoms with van der Waals surface area (Å²) >= 11 is 3.27. The van der Waals surface area contributed by atoms with E-state index >= 15 is 0 Å². The largest absolute Gasteiger partial charge is 0.0622 e. The van der Waals surface area contributed by atoms with Gasteiger partial charge in [0.05, 0.1) is 11.6 Å². The van der Waals surface area contributed by atoms with Crippen LogP contribution in [0.4, 0.5) is 5.82 Å². The predicted octanol–water partition coefficient (Wildman–Crippen LogP) is 11.1. The fourth-order valence-corrected chi connectivity index (χ4v) is 11.0. The van der Waals surface area contributed by atoms with Crippen molar-refractivity contribution in [2.24, 2.45) is 0 Å². The maximum Gasteiger partial charge on any atom is -0.0134 e. The Labute approximate surface area is 375 Å². The summed E-state index contributed by atoms with van der Waals surface area (Å²) in [7, 11) is 10.3. The minimum absolute atomic E-state index is 0.106. The molecule has 7 aromatic carbocycles. The summed E-state index contributed by atoms with van der Waals surface area (Å²) in [6.07, 6.45) is 0. The topological polar surface area (TPSA) is 48.1 Å². The molecule has 8 aromatic rings. The van der Waals surface area contributed by atoms with Crippen LogP contribution in [0.25, 0.3) is 0 Å². The van der Waals surface area contributed by atoms with Crippen LogP contribution in [0.15, 0.2) is 223 Å². The number of pyridine rings is 1. The Morgan fingerprint density at radius 2 is 0.763 bits per heavy atom. The third-order valence-corrected chi connectivity index (χ3v) is 13.8. The van der Waals surface area contributed by atoms with Crippen molar-refractivity contribution >= 4 is 88.5 Å². The molecule has 0 saturated carbocycles. The second-order valence-corrected chi connectivity index (χ2v) is 19.9. The number of halogens is 3. The summed E-state index contributed by atoms with van der Waals surface area (Å²) in [5, 5.41) is 8.39. The zero-order valence-electron chi connectivity index (χ0n) is 32.1. The Bertz CT molecular complexity index is 2140. The van der Waals surface area contributed by atoms with Crippen molar-refractivity contribution in [3.05, 3.63) is 234 Å². The van der Waals surface area contributed by atoms with Gasteiger partial charge in [0.25, 0.3) is 0 Å². The molecule has 0 aliphatic rings. The number of benzene rings is 7. The zero-order chi connectivity index (χ0) is 41.5. The molecule has 0 aliphatic heterocycles. The Hall–Kier alpha value is -4.57. The SMILES string of the molecule is COc1c(Br)cc(N)nc1C#Cc1ccccc1.[Cl][Pd][Cl].c1ccc(P(c2ccccc2)c2ccccc2)cc1.c1ccc(P(c2ccccc2)c2ccccc2)cc1. The van der Waals surface area contributed by atoms with Crippen molar-refractivity contribution in [3.8, 4) is 17.6 Å². The van der Waals surface area contributed by atoms with Crippen LogP contribution in [0.1, 0.15) is 11.3 Å². The van der Waals surface area contributed by atoms with Gasteiger partial charge in [0.2, 0.25) is 0 Å². The van der Waals surface area contributed by atoms with Crippen molar-refractivity contribution in [2.75, 3.05) is 12.8 Å². The fraction of sp³-hybridized carbons (Fsp3) is 0.0200. The average molecular weight is 1010 g/mol. The number of ether oxygens (including phenoxy) is 1. The van der Waals surface area contributed by atoms with Gasteiger partial charge in [-0.05, 0) is 87.7 Å². The van der Waals surface area contributed by atoms with Crippen LogP contribution < -0.4 is 42.3 Å². The van der Waals surface area contributed by atoms with Gasteiger partial charge in [0, 0.05) is 5.56 Å². The average Bonchev–Trinajstić information content (AvgIpc) is 3.29. The van der Waals surface area contributed by atoms with E-state index in [-0.39, 0.29) is 15.9 Å². The number of hydrogen-bond donors (Lipinski definition) is 1. The van der Waals surface area contributed by atoms with Crippen molar-refractivity contribution in [3.63, 3.8) is 0 Å². The monoisotopic (exact) mass is 1000 g/mol. The van der Waals surface area contributed by atoms with Crippen LogP contribution in [0.5, 0.6) is 5.75 Å². The van der Waals surface area contributed by atoms with E-state index in [9.17, 15) is 0 Å². The molecule has 0 bridgehead atoms. The van der Waals surface area contributed by atoms with Crippen LogP contribution in [0.2, 0.25) is 0 Å². The van der Waals surface area contributed by atoms with Gasteiger partial charge in [-0.3, -0.25) is 0 Å². The van der Waals surface area contributed by atoms with E-state index in [0.29, 0.717) is 17.3 Å². The van der Waals surface area contributed by atoms with Crippen molar-refractivity contribution in [1.82, 2.24) is 4.98 Å². The minimum atomic E-state index is -0.446. The first-order chi connectivity index (χ1) is 29.0. The van der Waals surface area contributed by atoms with Crippen molar-refractivity contribution in [2.45, 2.75) is 0 Å². The molecule has 0 fully saturated rings. The molecular weight excluding hydrogens is 964 g/mol. The number of anilines is 1. The maximum absolute atomic E-state index is 5.69. The molecular formula is C50H41BrCl2N2OP2Pd. The molecule has 1 aromatic heterocycles. The minimum Gasteiger partial charge on any atom is -0.0622 e. The smallest absolute Gasteiger partial charge is 0.0134 e. The standard InChI is InChI=1S/2C18H15P.C14H11BrN2O.2ClH.Pd/c2*1-4-10-16(11-5-1)19(17-12-6-2-7-13-17)18-14-8-3-9-15-18;1-18-14-11(15)9-13(16)17-12(14)8-7-10-5-3-2-4-6-10;;;/h2*1-15H;2-6,9H,1H3,(H2,16,17);2*1H;/q;;;;;+2/p-2. The molecule has 0 aliphatic carbocycles. The first-order valence-corrected chi connectivity index (χ1v) is 25.8. The quantitative estimate of drug-likeness (QED) is 0.0983. The summed E-state index contributed by atoms with van der Waals surface area (Å²) in [6, 6.07) is 76.0. The molecule has 59 heavy (non-hydrogen) atoms. The van der Waals surface area contributed by atoms with Crippen molar-refractivity contribution in [1.29, 1.82) is 0 Å². The third-order valence-electron chi connectivity index (χ3n) is 8.34. The molecule has 0 spiro atoms. The molecule has 8 rings (SSSR count). The molecule has 0 amide bonds. The molecule has 298 valence electrons. The Balaban J connectivity index is 0.000000163. The summed E-state index contributed by atoms with van der Waals surface area (Å²) in [4.78, 5) is 4.17. The summed E-state index contributed by atoms with van der Waals surface area (Å²) in [6.45, 7) is 0. The molecule has 9 heteroatoms. The maximum atomic E-state index is 5.69. The number of hydrogen-bond acceptors (Lipinski definition) is 3. The predicted molar refractivity (Wildman–Crippen MR) is 257 cm³/mol. The number of nitrogen functional groups attached to an aromatic ring is 1. The molecule has 0 atom stereocenters. The normalized spacial score (nSPS) is 10.1. The Morgan fingerprint density at radius 1 is 0.492 bits per heavy atom.